The lowest BCUT2D eigenvalue weighted by Crippen LogP contribution is -2.45. The molecular weight excluding hydrogens is 254 g/mol. The highest BCUT2D eigenvalue weighted by atomic mass is 16.5. The number of ether oxygens (including phenoxy) is 1. The predicted molar refractivity (Wildman–Crippen MR) is 77.9 cm³/mol. The summed E-state index contributed by atoms with van der Waals surface area (Å²) in [4.78, 5) is 17.5. The average Bonchev–Trinajstić information content (AvgIpc) is 2.92. The SMILES string of the molecule is CN1CCOC(CNC(=O)c2ccc3cc[nH]c3c2)C1. The number of amides is 1. The highest BCUT2D eigenvalue weighted by molar-refractivity contribution is 5.97. The van der Waals surface area contributed by atoms with E-state index in [4.69, 9.17) is 4.74 Å². The van der Waals surface area contributed by atoms with Crippen LogP contribution >= 0.6 is 0 Å². The smallest absolute Gasteiger partial charge is 0.251 e. The molecule has 1 aromatic heterocycles. The summed E-state index contributed by atoms with van der Waals surface area (Å²) in [5.74, 6) is -0.0571. The van der Waals surface area contributed by atoms with Crippen LogP contribution in [-0.2, 0) is 4.74 Å². The summed E-state index contributed by atoms with van der Waals surface area (Å²) in [6.45, 7) is 3.08. The van der Waals surface area contributed by atoms with Gasteiger partial charge in [0.05, 0.1) is 12.7 Å². The third-order valence-corrected chi connectivity index (χ3v) is 3.65. The summed E-state index contributed by atoms with van der Waals surface area (Å²) in [5.41, 5.74) is 1.65. The number of aromatic amines is 1. The first kappa shape index (κ1) is 13.1. The maximum Gasteiger partial charge on any atom is 0.251 e. The molecule has 0 aliphatic carbocycles. The highest BCUT2D eigenvalue weighted by Gasteiger charge is 2.18. The molecule has 5 nitrogen and oxygen atoms in total. The number of benzene rings is 1. The predicted octanol–water partition coefficient (Wildman–Crippen LogP) is 1.23. The maximum absolute atomic E-state index is 12.1. The Morgan fingerprint density at radius 3 is 3.25 bits per heavy atom. The molecule has 1 atom stereocenters. The van der Waals surface area contributed by atoms with Gasteiger partial charge < -0.3 is 19.9 Å². The van der Waals surface area contributed by atoms with Crippen molar-refractivity contribution in [1.82, 2.24) is 15.2 Å². The van der Waals surface area contributed by atoms with Crippen LogP contribution in [0.3, 0.4) is 0 Å². The molecule has 1 aliphatic rings. The zero-order valence-corrected chi connectivity index (χ0v) is 11.6. The van der Waals surface area contributed by atoms with Crippen molar-refractivity contribution in [2.45, 2.75) is 6.10 Å². The van der Waals surface area contributed by atoms with Gasteiger partial charge in [0.1, 0.15) is 0 Å². The Hall–Kier alpha value is -1.85. The van der Waals surface area contributed by atoms with Crippen molar-refractivity contribution in [3.8, 4) is 0 Å². The van der Waals surface area contributed by atoms with Gasteiger partial charge in [-0.1, -0.05) is 6.07 Å². The molecule has 1 aliphatic heterocycles. The number of morpholine rings is 1. The van der Waals surface area contributed by atoms with Crippen LogP contribution in [0.5, 0.6) is 0 Å². The molecule has 2 N–H and O–H groups in total. The first-order valence-corrected chi connectivity index (χ1v) is 6.88. The Bertz CT molecular complexity index is 608. The monoisotopic (exact) mass is 273 g/mol. The highest BCUT2D eigenvalue weighted by Crippen LogP contribution is 2.14. The van der Waals surface area contributed by atoms with Crippen molar-refractivity contribution in [1.29, 1.82) is 0 Å². The summed E-state index contributed by atoms with van der Waals surface area (Å²) in [5, 5.41) is 4.05. The molecule has 0 radical (unpaired) electrons. The van der Waals surface area contributed by atoms with Crippen molar-refractivity contribution in [3.63, 3.8) is 0 Å². The largest absolute Gasteiger partial charge is 0.374 e. The van der Waals surface area contributed by atoms with Crippen LogP contribution in [0.4, 0.5) is 0 Å². The Labute approximate surface area is 117 Å². The van der Waals surface area contributed by atoms with Crippen LogP contribution in [0.2, 0.25) is 0 Å². The van der Waals surface area contributed by atoms with Crippen molar-refractivity contribution in [2.24, 2.45) is 0 Å². The average molecular weight is 273 g/mol. The second kappa shape index (κ2) is 5.64. The van der Waals surface area contributed by atoms with Crippen molar-refractivity contribution in [3.05, 3.63) is 36.0 Å². The number of likely N-dealkylation sites (N-methyl/N-ethyl adjacent to an activating group) is 1. The van der Waals surface area contributed by atoms with Crippen LogP contribution in [-0.4, -0.2) is 55.2 Å². The number of aromatic nitrogens is 1. The fourth-order valence-corrected chi connectivity index (χ4v) is 2.49. The molecule has 5 heteroatoms. The van der Waals surface area contributed by atoms with Gasteiger partial charge in [0, 0.05) is 36.9 Å². The molecule has 1 fully saturated rings. The fourth-order valence-electron chi connectivity index (χ4n) is 2.49. The summed E-state index contributed by atoms with van der Waals surface area (Å²) in [6.07, 6.45) is 1.95. The lowest BCUT2D eigenvalue weighted by atomic mass is 10.1. The number of H-pyrrole nitrogens is 1. The normalized spacial score (nSPS) is 20.1. The van der Waals surface area contributed by atoms with Gasteiger partial charge in [0.2, 0.25) is 0 Å². The molecule has 0 bridgehead atoms. The Kier molecular flexibility index (Phi) is 3.71. The van der Waals surface area contributed by atoms with Crippen LogP contribution in [0, 0.1) is 0 Å². The van der Waals surface area contributed by atoms with Crippen LogP contribution in [0.15, 0.2) is 30.5 Å². The van der Waals surface area contributed by atoms with Crippen molar-refractivity contribution in [2.75, 3.05) is 33.3 Å². The van der Waals surface area contributed by atoms with E-state index < -0.39 is 0 Å². The van der Waals surface area contributed by atoms with Gasteiger partial charge in [0.25, 0.3) is 5.91 Å². The minimum atomic E-state index is -0.0571. The molecule has 2 heterocycles. The molecule has 1 saturated heterocycles. The van der Waals surface area contributed by atoms with Crippen LogP contribution in [0.25, 0.3) is 10.9 Å². The van der Waals surface area contributed by atoms with Crippen LogP contribution in [0.1, 0.15) is 10.4 Å². The van der Waals surface area contributed by atoms with Crippen molar-refractivity contribution < 1.29 is 9.53 Å². The van der Waals surface area contributed by atoms with Gasteiger partial charge >= 0.3 is 0 Å². The summed E-state index contributed by atoms with van der Waals surface area (Å²) >= 11 is 0. The molecule has 0 saturated carbocycles. The van der Waals surface area contributed by atoms with E-state index in [-0.39, 0.29) is 12.0 Å². The number of rotatable bonds is 3. The molecule has 2 aromatic rings. The maximum atomic E-state index is 12.1. The summed E-state index contributed by atoms with van der Waals surface area (Å²) < 4.78 is 5.63. The number of hydrogen-bond acceptors (Lipinski definition) is 3. The molecule has 106 valence electrons. The zero-order chi connectivity index (χ0) is 13.9. The first-order chi connectivity index (χ1) is 9.72. The van der Waals surface area contributed by atoms with Gasteiger partial charge in [-0.2, -0.15) is 0 Å². The third kappa shape index (κ3) is 2.84. The molecule has 3 rings (SSSR count). The number of carbonyl (C=O) groups excluding carboxylic acids is 1. The number of nitrogens with zero attached hydrogens (tertiary/aromatic N) is 1. The van der Waals surface area contributed by atoms with Gasteiger partial charge in [-0.15, -0.1) is 0 Å². The molecule has 0 spiro atoms. The quantitative estimate of drug-likeness (QED) is 0.884. The molecule has 1 aromatic carbocycles. The number of fused-ring (bicyclic) bond motifs is 1. The summed E-state index contributed by atoms with van der Waals surface area (Å²) in [6, 6.07) is 7.66. The number of hydrogen-bond donors (Lipinski definition) is 2. The second-order valence-corrected chi connectivity index (χ2v) is 5.24. The van der Waals surface area contributed by atoms with Gasteiger partial charge in [-0.3, -0.25) is 4.79 Å². The van der Waals surface area contributed by atoms with E-state index in [1.54, 1.807) is 0 Å². The van der Waals surface area contributed by atoms with Crippen molar-refractivity contribution >= 4 is 16.8 Å². The van der Waals surface area contributed by atoms with E-state index in [9.17, 15) is 4.79 Å². The minimum absolute atomic E-state index is 0.0571. The standard InChI is InChI=1S/C15H19N3O2/c1-18-6-7-20-13(10-18)9-17-15(19)12-3-2-11-4-5-16-14(11)8-12/h2-5,8,13,16H,6-7,9-10H2,1H3,(H,17,19). The lowest BCUT2D eigenvalue weighted by molar-refractivity contribution is -0.0175. The third-order valence-electron chi connectivity index (χ3n) is 3.65. The van der Waals surface area contributed by atoms with E-state index in [2.05, 4.69) is 22.2 Å². The van der Waals surface area contributed by atoms with E-state index in [0.717, 1.165) is 30.6 Å². The Morgan fingerprint density at radius 2 is 2.40 bits per heavy atom. The topological polar surface area (TPSA) is 57.4 Å². The second-order valence-electron chi connectivity index (χ2n) is 5.24. The molecule has 20 heavy (non-hydrogen) atoms. The van der Waals surface area contributed by atoms with E-state index in [0.29, 0.717) is 12.1 Å². The fraction of sp³-hybridized carbons (Fsp3) is 0.400. The first-order valence-electron chi connectivity index (χ1n) is 6.88. The summed E-state index contributed by atoms with van der Waals surface area (Å²) in [7, 11) is 2.07. The van der Waals surface area contributed by atoms with E-state index in [1.807, 2.05) is 30.5 Å². The minimum Gasteiger partial charge on any atom is -0.374 e. The van der Waals surface area contributed by atoms with Crippen LogP contribution < -0.4 is 5.32 Å². The molecule has 1 amide bonds. The van der Waals surface area contributed by atoms with Gasteiger partial charge in [0.15, 0.2) is 0 Å². The number of carbonyl (C=O) groups is 1. The molecular formula is C15H19N3O2. The van der Waals surface area contributed by atoms with Gasteiger partial charge in [-0.25, -0.2) is 0 Å². The van der Waals surface area contributed by atoms with E-state index >= 15 is 0 Å². The van der Waals surface area contributed by atoms with Gasteiger partial charge in [-0.05, 0) is 30.6 Å². The Balaban J connectivity index is 1.60. The lowest BCUT2D eigenvalue weighted by Gasteiger charge is -2.30. The Morgan fingerprint density at radius 1 is 1.50 bits per heavy atom. The zero-order valence-electron chi connectivity index (χ0n) is 11.6. The molecule has 1 unspecified atom stereocenters. The van der Waals surface area contributed by atoms with E-state index in [1.165, 1.54) is 0 Å². The number of nitrogens with one attached hydrogen (secondary N) is 2.